The molecule has 0 heterocycles. The molecule has 1 amide bonds. The molecule has 84 valence electrons. The zero-order valence-corrected chi connectivity index (χ0v) is 9.59. The molecule has 0 aromatic rings. The molecule has 0 saturated heterocycles. The third kappa shape index (κ3) is 7.86. The van der Waals surface area contributed by atoms with Crippen LogP contribution in [0.4, 0.5) is 4.79 Å². The van der Waals surface area contributed by atoms with E-state index in [9.17, 15) is 4.79 Å². The molecule has 0 aromatic heterocycles. The van der Waals surface area contributed by atoms with Gasteiger partial charge in [0.1, 0.15) is 5.60 Å². The first-order chi connectivity index (χ1) is 6.35. The first kappa shape index (κ1) is 13.2. The molecular weight excluding hydrogens is 180 g/mol. The molecule has 14 heavy (non-hydrogen) atoms. The highest BCUT2D eigenvalue weighted by Crippen LogP contribution is 2.06. The van der Waals surface area contributed by atoms with Crippen molar-refractivity contribution in [3.8, 4) is 0 Å². The lowest BCUT2D eigenvalue weighted by Gasteiger charge is -2.20. The third-order valence-corrected chi connectivity index (χ3v) is 1.71. The summed E-state index contributed by atoms with van der Waals surface area (Å²) >= 11 is 0. The standard InChI is InChI=1S/C10H22N2O2/c1-5-8(11)6-7-12-9(13)14-10(2,3)4/h8H,5-7,11H2,1-4H3,(H,12,13). The summed E-state index contributed by atoms with van der Waals surface area (Å²) in [7, 11) is 0. The highest BCUT2D eigenvalue weighted by Gasteiger charge is 2.15. The highest BCUT2D eigenvalue weighted by molar-refractivity contribution is 5.67. The summed E-state index contributed by atoms with van der Waals surface area (Å²) in [5, 5.41) is 2.66. The molecule has 0 aliphatic rings. The van der Waals surface area contributed by atoms with Gasteiger partial charge < -0.3 is 15.8 Å². The Balaban J connectivity index is 3.55. The van der Waals surface area contributed by atoms with Gasteiger partial charge in [-0.3, -0.25) is 0 Å². The Bertz CT molecular complexity index is 175. The molecule has 1 atom stereocenters. The number of rotatable bonds is 4. The molecule has 0 radical (unpaired) electrons. The molecule has 0 spiro atoms. The largest absolute Gasteiger partial charge is 0.444 e. The fourth-order valence-electron chi connectivity index (χ4n) is 0.878. The van der Waals surface area contributed by atoms with Gasteiger partial charge in [0.05, 0.1) is 0 Å². The lowest BCUT2D eigenvalue weighted by atomic mass is 10.2. The summed E-state index contributed by atoms with van der Waals surface area (Å²) in [4.78, 5) is 11.2. The number of nitrogens with two attached hydrogens (primary N) is 1. The smallest absolute Gasteiger partial charge is 0.407 e. The van der Waals surface area contributed by atoms with E-state index in [0.717, 1.165) is 12.8 Å². The minimum absolute atomic E-state index is 0.157. The van der Waals surface area contributed by atoms with Crippen molar-refractivity contribution in [3.05, 3.63) is 0 Å². The number of ether oxygens (including phenoxy) is 1. The van der Waals surface area contributed by atoms with Crippen LogP contribution >= 0.6 is 0 Å². The SMILES string of the molecule is CCC(N)CCNC(=O)OC(C)(C)C. The molecule has 0 aliphatic heterocycles. The fourth-order valence-corrected chi connectivity index (χ4v) is 0.878. The van der Waals surface area contributed by atoms with Crippen molar-refractivity contribution in [1.82, 2.24) is 5.32 Å². The van der Waals surface area contributed by atoms with Gasteiger partial charge in [0.15, 0.2) is 0 Å². The zero-order valence-electron chi connectivity index (χ0n) is 9.59. The van der Waals surface area contributed by atoms with E-state index in [1.807, 2.05) is 27.7 Å². The lowest BCUT2D eigenvalue weighted by Crippen LogP contribution is -2.35. The highest BCUT2D eigenvalue weighted by atomic mass is 16.6. The van der Waals surface area contributed by atoms with Crippen LogP contribution in [0.5, 0.6) is 0 Å². The maximum absolute atomic E-state index is 11.2. The minimum Gasteiger partial charge on any atom is -0.444 e. The van der Waals surface area contributed by atoms with Crippen molar-refractivity contribution in [3.63, 3.8) is 0 Å². The van der Waals surface area contributed by atoms with Crippen LogP contribution < -0.4 is 11.1 Å². The van der Waals surface area contributed by atoms with Crippen LogP contribution in [0.25, 0.3) is 0 Å². The Morgan fingerprint density at radius 1 is 1.50 bits per heavy atom. The average Bonchev–Trinajstić information content (AvgIpc) is 2.00. The second-order valence-electron chi connectivity index (χ2n) is 4.39. The molecule has 0 aromatic carbocycles. The van der Waals surface area contributed by atoms with E-state index in [4.69, 9.17) is 10.5 Å². The van der Waals surface area contributed by atoms with Gasteiger partial charge in [-0.2, -0.15) is 0 Å². The van der Waals surface area contributed by atoms with Crippen LogP contribution in [0.2, 0.25) is 0 Å². The first-order valence-corrected chi connectivity index (χ1v) is 5.07. The van der Waals surface area contributed by atoms with Gasteiger partial charge in [-0.05, 0) is 33.6 Å². The summed E-state index contributed by atoms with van der Waals surface area (Å²) in [6.07, 6.45) is 1.34. The zero-order chi connectivity index (χ0) is 11.2. The second-order valence-corrected chi connectivity index (χ2v) is 4.39. The van der Waals surface area contributed by atoms with Crippen LogP contribution in [0, 0.1) is 0 Å². The topological polar surface area (TPSA) is 64.3 Å². The molecule has 1 unspecified atom stereocenters. The maximum atomic E-state index is 11.2. The van der Waals surface area contributed by atoms with Crippen molar-refractivity contribution < 1.29 is 9.53 Å². The van der Waals surface area contributed by atoms with E-state index < -0.39 is 5.60 Å². The van der Waals surface area contributed by atoms with E-state index in [2.05, 4.69) is 5.32 Å². The van der Waals surface area contributed by atoms with Gasteiger partial charge in [-0.25, -0.2) is 4.79 Å². The summed E-state index contributed by atoms with van der Waals surface area (Å²) < 4.78 is 5.06. The average molecular weight is 202 g/mol. The molecule has 0 fully saturated rings. The quantitative estimate of drug-likeness (QED) is 0.728. The molecule has 0 aliphatic carbocycles. The second kappa shape index (κ2) is 5.86. The molecule has 3 N–H and O–H groups in total. The van der Waals surface area contributed by atoms with E-state index in [0.29, 0.717) is 6.54 Å². The Morgan fingerprint density at radius 3 is 2.50 bits per heavy atom. The number of hydrogen-bond donors (Lipinski definition) is 2. The summed E-state index contributed by atoms with van der Waals surface area (Å²) in [5.74, 6) is 0. The van der Waals surface area contributed by atoms with Gasteiger partial charge in [0, 0.05) is 12.6 Å². The number of alkyl carbamates (subject to hydrolysis) is 1. The van der Waals surface area contributed by atoms with Gasteiger partial charge in [-0.1, -0.05) is 6.92 Å². The number of carbonyl (C=O) groups is 1. The van der Waals surface area contributed by atoms with Crippen molar-refractivity contribution in [2.24, 2.45) is 5.73 Å². The Hall–Kier alpha value is -0.770. The predicted octanol–water partition coefficient (Wildman–Crippen LogP) is 1.64. The maximum Gasteiger partial charge on any atom is 0.407 e. The van der Waals surface area contributed by atoms with E-state index in [1.54, 1.807) is 0 Å². The van der Waals surface area contributed by atoms with Crippen molar-refractivity contribution >= 4 is 6.09 Å². The normalized spacial score (nSPS) is 13.5. The Labute approximate surface area is 86.2 Å². The van der Waals surface area contributed by atoms with Crippen LogP contribution in [-0.2, 0) is 4.74 Å². The number of amides is 1. The van der Waals surface area contributed by atoms with Crippen molar-refractivity contribution in [2.75, 3.05) is 6.54 Å². The monoisotopic (exact) mass is 202 g/mol. The fraction of sp³-hybridized carbons (Fsp3) is 0.900. The van der Waals surface area contributed by atoms with Gasteiger partial charge in [0.2, 0.25) is 0 Å². The van der Waals surface area contributed by atoms with Crippen LogP contribution in [0.3, 0.4) is 0 Å². The van der Waals surface area contributed by atoms with Gasteiger partial charge in [0.25, 0.3) is 0 Å². The molecule has 0 rings (SSSR count). The van der Waals surface area contributed by atoms with Gasteiger partial charge >= 0.3 is 6.09 Å². The molecular formula is C10H22N2O2. The number of nitrogens with one attached hydrogen (secondary N) is 1. The number of hydrogen-bond acceptors (Lipinski definition) is 3. The molecule has 0 saturated carbocycles. The summed E-state index contributed by atoms with van der Waals surface area (Å²) in [6.45, 7) is 8.11. The van der Waals surface area contributed by atoms with E-state index in [-0.39, 0.29) is 12.1 Å². The van der Waals surface area contributed by atoms with Crippen molar-refractivity contribution in [1.29, 1.82) is 0 Å². The lowest BCUT2D eigenvalue weighted by molar-refractivity contribution is 0.0526. The first-order valence-electron chi connectivity index (χ1n) is 5.07. The Morgan fingerprint density at radius 2 is 2.07 bits per heavy atom. The number of carbonyl (C=O) groups excluding carboxylic acids is 1. The molecule has 4 nitrogen and oxygen atoms in total. The molecule has 4 heteroatoms. The van der Waals surface area contributed by atoms with Crippen molar-refractivity contribution in [2.45, 2.75) is 52.2 Å². The third-order valence-electron chi connectivity index (χ3n) is 1.71. The molecule has 0 bridgehead atoms. The van der Waals surface area contributed by atoms with Crippen LogP contribution in [-0.4, -0.2) is 24.3 Å². The predicted molar refractivity (Wildman–Crippen MR) is 57.1 cm³/mol. The van der Waals surface area contributed by atoms with Crippen LogP contribution in [0.1, 0.15) is 40.5 Å². The van der Waals surface area contributed by atoms with Gasteiger partial charge in [-0.15, -0.1) is 0 Å². The van der Waals surface area contributed by atoms with E-state index in [1.165, 1.54) is 0 Å². The summed E-state index contributed by atoms with van der Waals surface area (Å²) in [6, 6.07) is 0.157. The Kier molecular flexibility index (Phi) is 5.53. The van der Waals surface area contributed by atoms with E-state index >= 15 is 0 Å². The van der Waals surface area contributed by atoms with Crippen LogP contribution in [0.15, 0.2) is 0 Å². The minimum atomic E-state index is -0.434. The summed E-state index contributed by atoms with van der Waals surface area (Å²) in [5.41, 5.74) is 5.26.